The Hall–Kier alpha value is -1.73. The number of rotatable bonds is 5. The number of fused-ring (bicyclic) bond motifs is 1. The Morgan fingerprint density at radius 3 is 3.14 bits per heavy atom. The number of nitrogens with zero attached hydrogens (tertiary/aromatic N) is 3. The summed E-state index contributed by atoms with van der Waals surface area (Å²) in [6.07, 6.45) is 3.44. The first-order chi connectivity index (χ1) is 10.3. The second-order valence-corrected chi connectivity index (χ2v) is 5.55. The standard InChI is InChI=1S/C14H20N4O3/c1-20-6-5-15-12(19)14-9-18(7-11(14)8-21-10-14)13-16-3-2-4-17-13/h2-4,11H,5-10H2,1H3,(H,15,19)/t11-,14-/m1/s1. The molecule has 3 heterocycles. The molecule has 0 unspecified atom stereocenters. The Labute approximate surface area is 123 Å². The second kappa shape index (κ2) is 5.95. The third-order valence-electron chi connectivity index (χ3n) is 4.25. The van der Waals surface area contributed by atoms with Gasteiger partial charge in [-0.05, 0) is 6.07 Å². The fourth-order valence-electron chi connectivity index (χ4n) is 3.11. The van der Waals surface area contributed by atoms with Crippen LogP contribution in [0.25, 0.3) is 0 Å². The van der Waals surface area contributed by atoms with Crippen LogP contribution in [0.3, 0.4) is 0 Å². The first kappa shape index (κ1) is 14.2. The molecule has 3 rings (SSSR count). The molecule has 0 aromatic carbocycles. The fourth-order valence-corrected chi connectivity index (χ4v) is 3.11. The molecule has 21 heavy (non-hydrogen) atoms. The van der Waals surface area contributed by atoms with Crippen LogP contribution in [0, 0.1) is 11.3 Å². The molecule has 2 aliphatic heterocycles. The van der Waals surface area contributed by atoms with Crippen molar-refractivity contribution in [1.82, 2.24) is 15.3 Å². The molecule has 7 heteroatoms. The lowest BCUT2D eigenvalue weighted by Crippen LogP contribution is -2.47. The second-order valence-electron chi connectivity index (χ2n) is 5.55. The molecule has 2 fully saturated rings. The number of hydrogen-bond acceptors (Lipinski definition) is 6. The van der Waals surface area contributed by atoms with E-state index in [1.54, 1.807) is 25.6 Å². The van der Waals surface area contributed by atoms with Crippen molar-refractivity contribution >= 4 is 11.9 Å². The van der Waals surface area contributed by atoms with Crippen LogP contribution >= 0.6 is 0 Å². The molecular formula is C14H20N4O3. The number of carbonyl (C=O) groups excluding carboxylic acids is 1. The van der Waals surface area contributed by atoms with Crippen LogP contribution in [-0.2, 0) is 14.3 Å². The van der Waals surface area contributed by atoms with Gasteiger partial charge in [-0.25, -0.2) is 9.97 Å². The Morgan fingerprint density at radius 1 is 1.57 bits per heavy atom. The zero-order valence-electron chi connectivity index (χ0n) is 12.1. The quantitative estimate of drug-likeness (QED) is 0.750. The van der Waals surface area contributed by atoms with Gasteiger partial charge in [-0.3, -0.25) is 4.79 Å². The molecule has 0 aliphatic carbocycles. The summed E-state index contributed by atoms with van der Waals surface area (Å²) in [6, 6.07) is 1.79. The van der Waals surface area contributed by atoms with Crippen LogP contribution in [0.5, 0.6) is 0 Å². The maximum atomic E-state index is 12.6. The summed E-state index contributed by atoms with van der Waals surface area (Å²) in [6.45, 7) is 3.45. The predicted molar refractivity (Wildman–Crippen MR) is 75.9 cm³/mol. The van der Waals surface area contributed by atoms with Gasteiger partial charge >= 0.3 is 0 Å². The van der Waals surface area contributed by atoms with Gasteiger partial charge < -0.3 is 19.7 Å². The molecule has 7 nitrogen and oxygen atoms in total. The van der Waals surface area contributed by atoms with Gasteiger partial charge in [-0.15, -0.1) is 0 Å². The van der Waals surface area contributed by atoms with Crippen LogP contribution in [0.1, 0.15) is 0 Å². The summed E-state index contributed by atoms with van der Waals surface area (Å²) < 4.78 is 10.5. The topological polar surface area (TPSA) is 76.6 Å². The number of methoxy groups -OCH3 is 1. The van der Waals surface area contributed by atoms with Crippen LogP contribution in [-0.4, -0.2) is 62.4 Å². The SMILES string of the molecule is COCCNC(=O)[C@]12COC[C@H]1CN(c1ncccn1)C2. The van der Waals surface area contributed by atoms with Crippen molar-refractivity contribution in [2.75, 3.05) is 51.5 Å². The highest BCUT2D eigenvalue weighted by Crippen LogP contribution is 2.42. The summed E-state index contributed by atoms with van der Waals surface area (Å²) in [5.74, 6) is 0.903. The van der Waals surface area contributed by atoms with Crippen LogP contribution in [0.15, 0.2) is 18.5 Å². The van der Waals surface area contributed by atoms with Crippen LogP contribution in [0.2, 0.25) is 0 Å². The largest absolute Gasteiger partial charge is 0.383 e. The van der Waals surface area contributed by atoms with Gasteiger partial charge in [0, 0.05) is 45.1 Å². The number of anilines is 1. The van der Waals surface area contributed by atoms with Gasteiger partial charge in [-0.1, -0.05) is 0 Å². The first-order valence-electron chi connectivity index (χ1n) is 7.13. The van der Waals surface area contributed by atoms with Crippen molar-refractivity contribution in [3.8, 4) is 0 Å². The molecule has 1 aromatic heterocycles. The third kappa shape index (κ3) is 2.58. The molecule has 0 bridgehead atoms. The average Bonchev–Trinajstić information content (AvgIpc) is 3.06. The third-order valence-corrected chi connectivity index (χ3v) is 4.25. The molecule has 0 spiro atoms. The summed E-state index contributed by atoms with van der Waals surface area (Å²) in [4.78, 5) is 23.2. The molecule has 2 saturated heterocycles. The van der Waals surface area contributed by atoms with E-state index in [4.69, 9.17) is 9.47 Å². The summed E-state index contributed by atoms with van der Waals surface area (Å²) in [5.41, 5.74) is -0.493. The van der Waals surface area contributed by atoms with E-state index >= 15 is 0 Å². The highest BCUT2D eigenvalue weighted by atomic mass is 16.5. The van der Waals surface area contributed by atoms with E-state index in [0.29, 0.717) is 38.9 Å². The molecule has 0 saturated carbocycles. The number of nitrogens with one attached hydrogen (secondary N) is 1. The Bertz CT molecular complexity index is 498. The normalized spacial score (nSPS) is 27.7. The number of aromatic nitrogens is 2. The number of ether oxygens (including phenoxy) is 2. The van der Waals surface area contributed by atoms with Crippen molar-refractivity contribution in [2.24, 2.45) is 11.3 Å². The molecule has 1 aromatic rings. The summed E-state index contributed by atoms with van der Waals surface area (Å²) in [5, 5.41) is 2.95. The van der Waals surface area contributed by atoms with Crippen molar-refractivity contribution in [3.05, 3.63) is 18.5 Å². The highest BCUT2D eigenvalue weighted by molar-refractivity contribution is 5.85. The van der Waals surface area contributed by atoms with Gasteiger partial charge in [-0.2, -0.15) is 0 Å². The maximum absolute atomic E-state index is 12.6. The van der Waals surface area contributed by atoms with Crippen molar-refractivity contribution < 1.29 is 14.3 Å². The van der Waals surface area contributed by atoms with Crippen LogP contribution in [0.4, 0.5) is 5.95 Å². The van der Waals surface area contributed by atoms with E-state index < -0.39 is 5.41 Å². The monoisotopic (exact) mass is 292 g/mol. The van der Waals surface area contributed by atoms with Crippen LogP contribution < -0.4 is 10.2 Å². The lowest BCUT2D eigenvalue weighted by Gasteiger charge is -2.25. The minimum atomic E-state index is -0.493. The summed E-state index contributed by atoms with van der Waals surface area (Å²) >= 11 is 0. The van der Waals surface area contributed by atoms with Crippen molar-refractivity contribution in [2.45, 2.75) is 0 Å². The first-order valence-corrected chi connectivity index (χ1v) is 7.13. The van der Waals surface area contributed by atoms with Gasteiger partial charge in [0.1, 0.15) is 0 Å². The van der Waals surface area contributed by atoms with E-state index in [-0.39, 0.29) is 11.8 Å². The smallest absolute Gasteiger partial charge is 0.230 e. The van der Waals surface area contributed by atoms with Crippen molar-refractivity contribution in [3.63, 3.8) is 0 Å². The predicted octanol–water partition coefficient (Wildman–Crippen LogP) is -0.308. The lowest BCUT2D eigenvalue weighted by atomic mass is 9.80. The Kier molecular flexibility index (Phi) is 4.03. The van der Waals surface area contributed by atoms with E-state index in [2.05, 4.69) is 20.2 Å². The highest BCUT2D eigenvalue weighted by Gasteiger charge is 2.56. The average molecular weight is 292 g/mol. The molecule has 0 radical (unpaired) electrons. The van der Waals surface area contributed by atoms with E-state index in [9.17, 15) is 4.79 Å². The number of carbonyl (C=O) groups is 1. The minimum absolute atomic E-state index is 0.0421. The molecule has 1 N–H and O–H groups in total. The molecule has 2 atom stereocenters. The van der Waals surface area contributed by atoms with E-state index in [0.717, 1.165) is 6.54 Å². The summed E-state index contributed by atoms with van der Waals surface area (Å²) in [7, 11) is 1.62. The van der Waals surface area contributed by atoms with Crippen molar-refractivity contribution in [1.29, 1.82) is 0 Å². The molecular weight excluding hydrogens is 272 g/mol. The van der Waals surface area contributed by atoms with E-state index in [1.807, 2.05) is 0 Å². The lowest BCUT2D eigenvalue weighted by molar-refractivity contribution is -0.131. The molecule has 2 aliphatic rings. The van der Waals surface area contributed by atoms with Gasteiger partial charge in [0.25, 0.3) is 0 Å². The molecule has 114 valence electrons. The Morgan fingerprint density at radius 2 is 2.38 bits per heavy atom. The zero-order chi connectivity index (χ0) is 14.7. The maximum Gasteiger partial charge on any atom is 0.230 e. The minimum Gasteiger partial charge on any atom is -0.383 e. The Balaban J connectivity index is 1.73. The molecule has 1 amide bonds. The zero-order valence-corrected chi connectivity index (χ0v) is 12.1. The van der Waals surface area contributed by atoms with Gasteiger partial charge in [0.05, 0.1) is 25.2 Å². The van der Waals surface area contributed by atoms with Gasteiger partial charge in [0.2, 0.25) is 11.9 Å². The number of amides is 1. The van der Waals surface area contributed by atoms with Gasteiger partial charge in [0.15, 0.2) is 0 Å². The fraction of sp³-hybridized carbons (Fsp3) is 0.643. The number of hydrogen-bond donors (Lipinski definition) is 1. The van der Waals surface area contributed by atoms with E-state index in [1.165, 1.54) is 0 Å².